The van der Waals surface area contributed by atoms with E-state index < -0.39 is 0 Å². The maximum absolute atomic E-state index is 12.5. The molecule has 2 aromatic rings. The predicted octanol–water partition coefficient (Wildman–Crippen LogP) is 2.37. The third-order valence-corrected chi connectivity index (χ3v) is 4.76. The highest BCUT2D eigenvalue weighted by Crippen LogP contribution is 2.29. The van der Waals surface area contributed by atoms with Crippen LogP contribution < -0.4 is 4.90 Å². The summed E-state index contributed by atoms with van der Waals surface area (Å²) < 4.78 is 1.84. The summed E-state index contributed by atoms with van der Waals surface area (Å²) >= 11 is 0. The second-order valence-electron chi connectivity index (χ2n) is 7.08. The average molecular weight is 341 g/mol. The fourth-order valence-corrected chi connectivity index (χ4v) is 3.33. The van der Waals surface area contributed by atoms with Crippen LogP contribution in [0.2, 0.25) is 0 Å². The largest absolute Gasteiger partial charge is 0.378 e. The third-order valence-electron chi connectivity index (χ3n) is 4.76. The first-order valence-corrected chi connectivity index (χ1v) is 8.86. The predicted molar refractivity (Wildman–Crippen MR) is 98.8 cm³/mol. The van der Waals surface area contributed by atoms with Crippen molar-refractivity contribution >= 4 is 11.6 Å². The number of hydrogen-bond acceptors (Lipinski definition) is 4. The quantitative estimate of drug-likeness (QED) is 0.838. The lowest BCUT2D eigenvalue weighted by Gasteiger charge is -2.18. The molecule has 2 aromatic heterocycles. The number of amides is 1. The second kappa shape index (κ2) is 7.25. The lowest BCUT2D eigenvalue weighted by Crippen LogP contribution is -2.29. The summed E-state index contributed by atoms with van der Waals surface area (Å²) in [6, 6.07) is 6.20. The van der Waals surface area contributed by atoms with Gasteiger partial charge in [0.25, 0.3) is 0 Å². The van der Waals surface area contributed by atoms with Crippen molar-refractivity contribution in [3.8, 4) is 0 Å². The Labute approximate surface area is 149 Å². The maximum Gasteiger partial charge on any atom is 0.224 e. The van der Waals surface area contributed by atoms with Gasteiger partial charge in [-0.15, -0.1) is 0 Å². The number of nitrogens with zero attached hydrogens (tertiary/aromatic N) is 5. The van der Waals surface area contributed by atoms with Gasteiger partial charge in [-0.3, -0.25) is 14.5 Å². The molecular formula is C19H27N5O. The van der Waals surface area contributed by atoms with Gasteiger partial charge in [0.2, 0.25) is 5.91 Å². The summed E-state index contributed by atoms with van der Waals surface area (Å²) in [6.07, 6.45) is 3.41. The molecule has 0 bridgehead atoms. The molecule has 1 aliphatic heterocycles. The van der Waals surface area contributed by atoms with Crippen molar-refractivity contribution in [2.75, 3.05) is 32.1 Å². The van der Waals surface area contributed by atoms with E-state index in [0.29, 0.717) is 18.9 Å². The molecule has 6 nitrogen and oxygen atoms in total. The number of aromatic nitrogens is 3. The van der Waals surface area contributed by atoms with Crippen LogP contribution in [0.15, 0.2) is 24.4 Å². The number of anilines is 1. The molecule has 1 fully saturated rings. The Morgan fingerprint density at radius 1 is 1.28 bits per heavy atom. The van der Waals surface area contributed by atoms with Gasteiger partial charge < -0.3 is 9.80 Å². The van der Waals surface area contributed by atoms with E-state index >= 15 is 0 Å². The third kappa shape index (κ3) is 4.18. The lowest BCUT2D eigenvalue weighted by atomic mass is 10.0. The monoisotopic (exact) mass is 341 g/mol. The zero-order valence-corrected chi connectivity index (χ0v) is 15.6. The number of likely N-dealkylation sites (tertiary alicyclic amines) is 1. The highest BCUT2D eigenvalue weighted by atomic mass is 16.2. The van der Waals surface area contributed by atoms with Crippen molar-refractivity contribution < 1.29 is 4.79 Å². The number of pyridine rings is 1. The van der Waals surface area contributed by atoms with Crippen LogP contribution in [0.3, 0.4) is 0 Å². The van der Waals surface area contributed by atoms with Crippen molar-refractivity contribution in [3.63, 3.8) is 0 Å². The van der Waals surface area contributed by atoms with Crippen LogP contribution in [-0.4, -0.2) is 52.8 Å². The van der Waals surface area contributed by atoms with Gasteiger partial charge in [-0.1, -0.05) is 0 Å². The van der Waals surface area contributed by atoms with E-state index in [1.165, 1.54) is 5.69 Å². The lowest BCUT2D eigenvalue weighted by molar-refractivity contribution is -0.130. The standard InChI is InChI=1S/C19H27N5O/c1-14-5-9-24(21-14)10-7-19(25)23-8-6-16(13-23)18-12-17(22(3)4)11-15(2)20-18/h5,9,11-12,16H,6-8,10,13H2,1-4H3. The first-order valence-electron chi connectivity index (χ1n) is 8.86. The Hall–Kier alpha value is -2.37. The van der Waals surface area contributed by atoms with E-state index in [2.05, 4.69) is 22.1 Å². The van der Waals surface area contributed by atoms with Crippen LogP contribution in [-0.2, 0) is 11.3 Å². The Morgan fingerprint density at radius 3 is 2.76 bits per heavy atom. The minimum atomic E-state index is 0.205. The van der Waals surface area contributed by atoms with Crippen LogP contribution >= 0.6 is 0 Å². The second-order valence-corrected chi connectivity index (χ2v) is 7.08. The van der Waals surface area contributed by atoms with E-state index in [-0.39, 0.29) is 5.91 Å². The summed E-state index contributed by atoms with van der Waals surface area (Å²) in [5, 5.41) is 4.34. The Kier molecular flexibility index (Phi) is 5.06. The molecule has 1 amide bonds. The number of aryl methyl sites for hydroxylation is 3. The molecule has 25 heavy (non-hydrogen) atoms. The molecule has 1 atom stereocenters. The molecular weight excluding hydrogens is 314 g/mol. The highest BCUT2D eigenvalue weighted by molar-refractivity contribution is 5.76. The number of carbonyl (C=O) groups is 1. The SMILES string of the molecule is Cc1cc(N(C)C)cc(C2CCN(C(=O)CCn3ccc(C)n3)C2)n1. The summed E-state index contributed by atoms with van der Waals surface area (Å²) in [7, 11) is 4.08. The zero-order valence-electron chi connectivity index (χ0n) is 15.6. The van der Waals surface area contributed by atoms with E-state index in [0.717, 1.165) is 36.6 Å². The average Bonchev–Trinajstić information content (AvgIpc) is 3.21. The summed E-state index contributed by atoms with van der Waals surface area (Å²) in [4.78, 5) is 21.3. The molecule has 6 heteroatoms. The molecule has 3 rings (SSSR count). The molecule has 1 aliphatic rings. The van der Waals surface area contributed by atoms with E-state index in [9.17, 15) is 4.79 Å². The molecule has 0 spiro atoms. The Balaban J connectivity index is 1.60. The molecule has 1 saturated heterocycles. The van der Waals surface area contributed by atoms with E-state index in [1.54, 1.807) is 0 Å². The summed E-state index contributed by atoms with van der Waals surface area (Å²) in [5.41, 5.74) is 4.28. The number of hydrogen-bond donors (Lipinski definition) is 0. The van der Waals surface area contributed by atoms with Crippen molar-refractivity contribution in [3.05, 3.63) is 41.5 Å². The normalized spacial score (nSPS) is 17.1. The van der Waals surface area contributed by atoms with Crippen LogP contribution in [0.1, 0.15) is 35.8 Å². The molecule has 3 heterocycles. The van der Waals surface area contributed by atoms with Crippen molar-refractivity contribution in [1.82, 2.24) is 19.7 Å². The smallest absolute Gasteiger partial charge is 0.224 e. The van der Waals surface area contributed by atoms with Gasteiger partial charge in [-0.05, 0) is 38.5 Å². The fourth-order valence-electron chi connectivity index (χ4n) is 3.33. The van der Waals surface area contributed by atoms with Crippen LogP contribution in [0.4, 0.5) is 5.69 Å². The van der Waals surface area contributed by atoms with E-state index in [4.69, 9.17) is 4.98 Å². The highest BCUT2D eigenvalue weighted by Gasteiger charge is 2.28. The summed E-state index contributed by atoms with van der Waals surface area (Å²) in [5.74, 6) is 0.533. The molecule has 134 valence electrons. The Bertz CT molecular complexity index is 752. The fraction of sp³-hybridized carbons (Fsp3) is 0.526. The van der Waals surface area contributed by atoms with Crippen LogP contribution in [0, 0.1) is 13.8 Å². The van der Waals surface area contributed by atoms with Crippen molar-refractivity contribution in [1.29, 1.82) is 0 Å². The van der Waals surface area contributed by atoms with Crippen molar-refractivity contribution in [2.24, 2.45) is 0 Å². The first-order chi connectivity index (χ1) is 11.9. The molecule has 0 aliphatic carbocycles. The van der Waals surface area contributed by atoms with Gasteiger partial charge in [0, 0.05) is 69.3 Å². The van der Waals surface area contributed by atoms with Gasteiger partial charge >= 0.3 is 0 Å². The van der Waals surface area contributed by atoms with Crippen LogP contribution in [0.25, 0.3) is 0 Å². The molecule has 0 radical (unpaired) electrons. The van der Waals surface area contributed by atoms with Gasteiger partial charge in [-0.2, -0.15) is 5.10 Å². The minimum Gasteiger partial charge on any atom is -0.378 e. The zero-order chi connectivity index (χ0) is 18.0. The first kappa shape index (κ1) is 17.5. The van der Waals surface area contributed by atoms with Crippen LogP contribution in [0.5, 0.6) is 0 Å². The Morgan fingerprint density at radius 2 is 2.08 bits per heavy atom. The number of carbonyl (C=O) groups excluding carboxylic acids is 1. The van der Waals surface area contributed by atoms with Gasteiger partial charge in [0.1, 0.15) is 0 Å². The maximum atomic E-state index is 12.5. The molecule has 0 N–H and O–H groups in total. The molecule has 1 unspecified atom stereocenters. The van der Waals surface area contributed by atoms with E-state index in [1.807, 2.05) is 49.8 Å². The summed E-state index contributed by atoms with van der Waals surface area (Å²) in [6.45, 7) is 6.21. The van der Waals surface area contributed by atoms with Crippen molar-refractivity contribution in [2.45, 2.75) is 39.2 Å². The minimum absolute atomic E-state index is 0.205. The van der Waals surface area contributed by atoms with Gasteiger partial charge in [0.15, 0.2) is 0 Å². The van der Waals surface area contributed by atoms with Gasteiger partial charge in [-0.25, -0.2) is 0 Å². The molecule has 0 saturated carbocycles. The topological polar surface area (TPSA) is 54.3 Å². The van der Waals surface area contributed by atoms with Gasteiger partial charge in [0.05, 0.1) is 5.69 Å². The number of rotatable bonds is 5. The molecule has 0 aromatic carbocycles.